The second-order valence-corrected chi connectivity index (χ2v) is 2.87. The fourth-order valence-corrected chi connectivity index (χ4v) is 1.05. The Bertz CT molecular complexity index is 276. The van der Waals surface area contributed by atoms with Crippen LogP contribution < -0.4 is 4.73 Å². The van der Waals surface area contributed by atoms with E-state index in [1.807, 2.05) is 0 Å². The Morgan fingerprint density at radius 2 is 2.00 bits per heavy atom. The van der Waals surface area contributed by atoms with Gasteiger partial charge in [-0.15, -0.1) is 0 Å². The van der Waals surface area contributed by atoms with E-state index in [9.17, 15) is 14.0 Å². The van der Waals surface area contributed by atoms with Crippen molar-refractivity contribution < 1.29 is 13.5 Å². The minimum atomic E-state index is -0.855. The van der Waals surface area contributed by atoms with Gasteiger partial charge in [-0.1, -0.05) is 13.8 Å². The molecule has 1 aromatic heterocycles. The molecule has 0 aromatic carbocycles. The van der Waals surface area contributed by atoms with Gasteiger partial charge in [-0.05, 0) is 0 Å². The van der Waals surface area contributed by atoms with Crippen molar-refractivity contribution in [1.82, 2.24) is 0 Å². The molecule has 66 valence electrons. The molecule has 0 atom stereocenters. The predicted octanol–water partition coefficient (Wildman–Crippen LogP) is 1.72. The highest BCUT2D eigenvalue weighted by molar-refractivity contribution is 5.06. The quantitative estimate of drug-likeness (QED) is 0.469. The highest BCUT2D eigenvalue weighted by atomic mass is 19.1. The maximum Gasteiger partial charge on any atom is 0.231 e. The number of hydrogen-bond acceptors (Lipinski definition) is 1. The topological polar surface area (TPSA) is 26.9 Å². The lowest BCUT2D eigenvalue weighted by Gasteiger charge is -2.07. The zero-order valence-electron chi connectivity index (χ0n) is 6.84. The van der Waals surface area contributed by atoms with Crippen LogP contribution in [0.15, 0.2) is 12.3 Å². The lowest BCUT2D eigenvalue weighted by Crippen LogP contribution is -2.34. The van der Waals surface area contributed by atoms with E-state index in [0.717, 1.165) is 6.20 Å². The summed E-state index contributed by atoms with van der Waals surface area (Å²) in [5.74, 6) is -1.89. The van der Waals surface area contributed by atoms with Gasteiger partial charge in [0, 0.05) is 12.0 Å². The predicted molar refractivity (Wildman–Crippen MR) is 39.4 cm³/mol. The van der Waals surface area contributed by atoms with Crippen LogP contribution in [0, 0.1) is 16.8 Å². The largest absolute Gasteiger partial charge is 0.618 e. The summed E-state index contributed by atoms with van der Waals surface area (Å²) >= 11 is 0. The van der Waals surface area contributed by atoms with E-state index in [1.165, 1.54) is 0 Å². The van der Waals surface area contributed by atoms with Crippen LogP contribution in [0.4, 0.5) is 8.78 Å². The van der Waals surface area contributed by atoms with Crippen LogP contribution in [0.5, 0.6) is 0 Å². The second kappa shape index (κ2) is 3.05. The summed E-state index contributed by atoms with van der Waals surface area (Å²) in [6.07, 6.45) is 0.721. The first kappa shape index (κ1) is 8.90. The monoisotopic (exact) mass is 173 g/mol. The molecule has 0 N–H and O–H groups in total. The Hall–Kier alpha value is -1.19. The Morgan fingerprint density at radius 1 is 1.42 bits per heavy atom. The van der Waals surface area contributed by atoms with Gasteiger partial charge in [0.25, 0.3) is 0 Å². The van der Waals surface area contributed by atoms with E-state index in [1.54, 1.807) is 13.8 Å². The van der Waals surface area contributed by atoms with Gasteiger partial charge in [0.05, 0.1) is 0 Å². The van der Waals surface area contributed by atoms with E-state index < -0.39 is 11.6 Å². The number of rotatable bonds is 1. The molecule has 0 saturated carbocycles. The molecule has 1 rings (SSSR count). The van der Waals surface area contributed by atoms with Crippen molar-refractivity contribution in [3.63, 3.8) is 0 Å². The standard InChI is InChI=1S/C8H9F2NO/c1-5(2)8-7(10)3-6(9)4-11(8)12/h3-5H,1-2H3. The number of aromatic nitrogens is 1. The van der Waals surface area contributed by atoms with E-state index >= 15 is 0 Å². The molecule has 0 fully saturated rings. The van der Waals surface area contributed by atoms with Gasteiger partial charge in [-0.3, -0.25) is 0 Å². The Labute approximate surface area is 69.0 Å². The third kappa shape index (κ3) is 1.52. The van der Waals surface area contributed by atoms with E-state index in [-0.39, 0.29) is 16.3 Å². The Morgan fingerprint density at radius 3 is 2.42 bits per heavy atom. The molecular weight excluding hydrogens is 164 g/mol. The number of hydrogen-bond donors (Lipinski definition) is 0. The maximum atomic E-state index is 12.9. The summed E-state index contributed by atoms with van der Waals surface area (Å²) in [6.45, 7) is 3.34. The summed E-state index contributed by atoms with van der Waals surface area (Å²) in [5.41, 5.74) is -0.0311. The molecule has 0 radical (unpaired) electrons. The lowest BCUT2D eigenvalue weighted by atomic mass is 10.1. The maximum absolute atomic E-state index is 12.9. The Balaban J connectivity index is 3.28. The molecule has 2 nitrogen and oxygen atoms in total. The van der Waals surface area contributed by atoms with Gasteiger partial charge >= 0.3 is 0 Å². The fraction of sp³-hybridized carbons (Fsp3) is 0.375. The van der Waals surface area contributed by atoms with Crippen LogP contribution in [-0.4, -0.2) is 0 Å². The van der Waals surface area contributed by atoms with Crippen LogP contribution >= 0.6 is 0 Å². The molecule has 0 bridgehead atoms. The van der Waals surface area contributed by atoms with E-state index in [4.69, 9.17) is 0 Å². The minimum Gasteiger partial charge on any atom is -0.618 e. The van der Waals surface area contributed by atoms with Crippen molar-refractivity contribution in [1.29, 1.82) is 0 Å². The Kier molecular flexibility index (Phi) is 2.26. The molecule has 0 aliphatic rings. The van der Waals surface area contributed by atoms with Crippen molar-refractivity contribution in [3.05, 3.63) is 34.8 Å². The van der Waals surface area contributed by atoms with Gasteiger partial charge in [-0.2, -0.15) is 9.12 Å². The highest BCUT2D eigenvalue weighted by Gasteiger charge is 2.18. The first-order valence-electron chi connectivity index (χ1n) is 3.60. The minimum absolute atomic E-state index is 0.0311. The van der Waals surface area contributed by atoms with Gasteiger partial charge in [0.15, 0.2) is 11.6 Å². The number of pyridine rings is 1. The zero-order valence-corrected chi connectivity index (χ0v) is 6.84. The van der Waals surface area contributed by atoms with Crippen molar-refractivity contribution in [2.45, 2.75) is 19.8 Å². The van der Waals surface area contributed by atoms with E-state index in [2.05, 4.69) is 0 Å². The molecule has 0 unspecified atom stereocenters. The summed E-state index contributed by atoms with van der Waals surface area (Å²) < 4.78 is 25.5. The number of halogens is 2. The normalized spacial score (nSPS) is 10.8. The van der Waals surface area contributed by atoms with Crippen LogP contribution in [0.3, 0.4) is 0 Å². The lowest BCUT2D eigenvalue weighted by molar-refractivity contribution is -0.618. The number of nitrogens with zero attached hydrogens (tertiary/aromatic N) is 1. The highest BCUT2D eigenvalue weighted by Crippen LogP contribution is 2.13. The first-order valence-corrected chi connectivity index (χ1v) is 3.60. The van der Waals surface area contributed by atoms with Gasteiger partial charge in [-0.25, -0.2) is 4.39 Å². The van der Waals surface area contributed by atoms with Crippen LogP contribution in [0.2, 0.25) is 0 Å². The van der Waals surface area contributed by atoms with E-state index in [0.29, 0.717) is 6.07 Å². The van der Waals surface area contributed by atoms with Crippen LogP contribution in [0.25, 0.3) is 0 Å². The van der Waals surface area contributed by atoms with Crippen molar-refractivity contribution in [3.8, 4) is 0 Å². The average Bonchev–Trinajstić information content (AvgIpc) is 1.82. The van der Waals surface area contributed by atoms with Gasteiger partial charge in [0.2, 0.25) is 11.9 Å². The summed E-state index contributed by atoms with van der Waals surface area (Å²) in [6, 6.07) is 0.712. The fourth-order valence-electron chi connectivity index (χ4n) is 1.05. The molecule has 4 heteroatoms. The molecule has 0 spiro atoms. The first-order chi connectivity index (χ1) is 5.52. The van der Waals surface area contributed by atoms with Crippen LogP contribution in [0.1, 0.15) is 25.5 Å². The van der Waals surface area contributed by atoms with Crippen LogP contribution in [-0.2, 0) is 0 Å². The van der Waals surface area contributed by atoms with Gasteiger partial charge < -0.3 is 5.21 Å². The molecular formula is C8H9F2NO. The smallest absolute Gasteiger partial charge is 0.231 e. The van der Waals surface area contributed by atoms with Crippen molar-refractivity contribution >= 4 is 0 Å². The third-order valence-corrected chi connectivity index (χ3v) is 1.53. The second-order valence-electron chi connectivity index (χ2n) is 2.87. The zero-order chi connectivity index (χ0) is 9.30. The molecule has 1 heterocycles. The molecule has 0 aliphatic heterocycles. The molecule has 12 heavy (non-hydrogen) atoms. The molecule has 0 saturated heterocycles. The van der Waals surface area contributed by atoms with Gasteiger partial charge in [0.1, 0.15) is 0 Å². The molecule has 0 aliphatic carbocycles. The van der Waals surface area contributed by atoms with Crippen molar-refractivity contribution in [2.24, 2.45) is 0 Å². The molecule has 1 aromatic rings. The summed E-state index contributed by atoms with van der Waals surface area (Å²) in [4.78, 5) is 0. The summed E-state index contributed by atoms with van der Waals surface area (Å²) in [7, 11) is 0. The average molecular weight is 173 g/mol. The summed E-state index contributed by atoms with van der Waals surface area (Å²) in [5, 5.41) is 10.9. The van der Waals surface area contributed by atoms with Crippen molar-refractivity contribution in [2.75, 3.05) is 0 Å². The third-order valence-electron chi connectivity index (χ3n) is 1.53. The molecule has 0 amide bonds. The SMILES string of the molecule is CC(C)c1c(F)cc(F)c[n+]1[O-].